The smallest absolute Gasteiger partial charge is 0.433 e. The van der Waals surface area contributed by atoms with E-state index in [1.54, 1.807) is 18.2 Å². The summed E-state index contributed by atoms with van der Waals surface area (Å²) in [6.45, 7) is 6.20. The van der Waals surface area contributed by atoms with E-state index in [4.69, 9.17) is 14.9 Å². The van der Waals surface area contributed by atoms with Gasteiger partial charge in [-0.15, -0.1) is 0 Å². The van der Waals surface area contributed by atoms with Gasteiger partial charge in [-0.1, -0.05) is 24.8 Å². The molecule has 0 aliphatic carbocycles. The number of esters is 1. The number of carbonyl (C=O) groups excluding carboxylic acids is 1. The van der Waals surface area contributed by atoms with Crippen LogP contribution in [0.3, 0.4) is 0 Å². The molecule has 0 heterocycles. The highest BCUT2D eigenvalue weighted by Crippen LogP contribution is 2.36. The molecule has 3 N–H and O–H groups in total. The zero-order chi connectivity index (χ0) is 15.8. The van der Waals surface area contributed by atoms with Gasteiger partial charge in [0.1, 0.15) is 5.75 Å². The molecule has 0 aliphatic heterocycles. The molecule has 112 valence electrons. The number of rotatable bonds is 4. The van der Waals surface area contributed by atoms with Crippen molar-refractivity contribution in [3.63, 3.8) is 0 Å². The third kappa shape index (κ3) is 10.3. The molecule has 7 nitrogen and oxygen atoms in total. The minimum Gasteiger partial charge on any atom is -0.433 e. The summed E-state index contributed by atoms with van der Waals surface area (Å²) in [5.41, 5.74) is 0.288. The van der Waals surface area contributed by atoms with Crippen LogP contribution >= 0.6 is 7.82 Å². The summed E-state index contributed by atoms with van der Waals surface area (Å²) in [5, 5.41) is 8.49. The second-order valence-corrected chi connectivity index (χ2v) is 4.84. The van der Waals surface area contributed by atoms with Crippen molar-refractivity contribution in [2.24, 2.45) is 0 Å². The average Bonchev–Trinajstić information content (AvgIpc) is 2.27. The number of benzene rings is 1. The molecule has 1 aromatic carbocycles. The molecule has 8 heteroatoms. The molecule has 1 unspecified atom stereocenters. The molecule has 0 saturated heterocycles. The Morgan fingerprint density at radius 1 is 1.30 bits per heavy atom. The van der Waals surface area contributed by atoms with E-state index in [9.17, 15) is 9.36 Å². The Hall–Kier alpha value is -1.66. The van der Waals surface area contributed by atoms with Crippen LogP contribution in [0.4, 0.5) is 0 Å². The van der Waals surface area contributed by atoms with Crippen molar-refractivity contribution in [2.75, 3.05) is 0 Å². The molecule has 1 rings (SSSR count). The Balaban J connectivity index is 0.000000370. The first kappa shape index (κ1) is 18.3. The van der Waals surface area contributed by atoms with E-state index in [0.29, 0.717) is 0 Å². The van der Waals surface area contributed by atoms with Gasteiger partial charge in [0.05, 0.1) is 0 Å². The van der Waals surface area contributed by atoms with Crippen molar-refractivity contribution in [2.45, 2.75) is 20.1 Å². The second kappa shape index (κ2) is 8.50. The first-order valence-corrected chi connectivity index (χ1v) is 6.99. The van der Waals surface area contributed by atoms with Gasteiger partial charge in [0.2, 0.25) is 0 Å². The SMILES string of the molecule is C=C(C)C(=O)OC(C)O.O=P(O)(O)Oc1ccccc1. The number of hydrogen-bond acceptors (Lipinski definition) is 5. The van der Waals surface area contributed by atoms with E-state index < -0.39 is 20.1 Å². The topological polar surface area (TPSA) is 113 Å². The first-order valence-electron chi connectivity index (χ1n) is 5.46. The van der Waals surface area contributed by atoms with E-state index in [2.05, 4.69) is 15.8 Å². The molecule has 0 aliphatic rings. The van der Waals surface area contributed by atoms with Gasteiger partial charge in [0, 0.05) is 5.57 Å². The summed E-state index contributed by atoms with van der Waals surface area (Å²) in [6, 6.07) is 7.93. The third-order valence-corrected chi connectivity index (χ3v) is 2.04. The molecule has 1 aromatic rings. The summed E-state index contributed by atoms with van der Waals surface area (Å²) >= 11 is 0. The predicted octanol–water partition coefficient (Wildman–Crippen LogP) is 1.60. The lowest BCUT2D eigenvalue weighted by atomic mass is 10.3. The van der Waals surface area contributed by atoms with Crippen LogP contribution < -0.4 is 4.52 Å². The van der Waals surface area contributed by atoms with Crippen molar-refractivity contribution in [1.82, 2.24) is 0 Å². The first-order chi connectivity index (χ1) is 9.11. The number of para-hydroxylation sites is 1. The zero-order valence-corrected chi connectivity index (χ0v) is 12.0. The van der Waals surface area contributed by atoms with Crippen molar-refractivity contribution in [3.8, 4) is 5.75 Å². The number of phosphoric acid groups is 1. The Morgan fingerprint density at radius 3 is 2.10 bits per heavy atom. The van der Waals surface area contributed by atoms with Crippen molar-refractivity contribution >= 4 is 13.8 Å². The number of ether oxygens (including phenoxy) is 1. The Labute approximate surface area is 116 Å². The molecule has 0 aromatic heterocycles. The van der Waals surface area contributed by atoms with Crippen LogP contribution in [0, 0.1) is 0 Å². The number of aliphatic hydroxyl groups excluding tert-OH is 1. The molecule has 1 atom stereocenters. The maximum absolute atomic E-state index is 10.5. The predicted molar refractivity (Wildman–Crippen MR) is 71.7 cm³/mol. The Kier molecular flexibility index (Phi) is 7.79. The minimum atomic E-state index is -4.39. The van der Waals surface area contributed by atoms with Gasteiger partial charge in [0.25, 0.3) is 0 Å². The van der Waals surface area contributed by atoms with E-state index in [1.165, 1.54) is 26.0 Å². The Bertz CT molecular complexity index is 478. The summed E-state index contributed by atoms with van der Waals surface area (Å²) in [6.07, 6.45) is -1.05. The fourth-order valence-electron chi connectivity index (χ4n) is 0.874. The highest BCUT2D eigenvalue weighted by Gasteiger charge is 2.14. The molecule has 20 heavy (non-hydrogen) atoms. The standard InChI is InChI=1S/C6H7O4P.C6H10O3/c7-11(8,9)10-6-4-2-1-3-5-6;1-4(2)6(8)9-5(3)7/h1-5H,(H2,7,8,9);5,7H,1H2,2-3H3. The molecule has 0 spiro atoms. The summed E-state index contributed by atoms with van der Waals surface area (Å²) < 4.78 is 18.9. The second-order valence-electron chi connectivity index (χ2n) is 3.68. The third-order valence-electron chi connectivity index (χ3n) is 1.59. The van der Waals surface area contributed by atoms with Gasteiger partial charge in [0.15, 0.2) is 6.29 Å². The van der Waals surface area contributed by atoms with Gasteiger partial charge in [-0.25, -0.2) is 9.36 Å². The van der Waals surface area contributed by atoms with Gasteiger partial charge in [-0.2, -0.15) is 0 Å². The van der Waals surface area contributed by atoms with Crippen LogP contribution in [0.1, 0.15) is 13.8 Å². The Morgan fingerprint density at radius 2 is 1.80 bits per heavy atom. The molecule has 0 saturated carbocycles. The monoisotopic (exact) mass is 304 g/mol. The maximum atomic E-state index is 10.5. The van der Waals surface area contributed by atoms with Gasteiger partial charge < -0.3 is 14.4 Å². The number of aliphatic hydroxyl groups is 1. The number of carbonyl (C=O) groups is 1. The molecule has 0 bridgehead atoms. The molecule has 0 amide bonds. The fourth-order valence-corrected chi connectivity index (χ4v) is 1.27. The lowest BCUT2D eigenvalue weighted by Crippen LogP contribution is -2.13. The van der Waals surface area contributed by atoms with E-state index >= 15 is 0 Å². The molecular formula is C12H17O7P. The van der Waals surface area contributed by atoms with Crippen molar-refractivity contribution < 1.29 is 33.5 Å². The fraction of sp³-hybridized carbons (Fsp3) is 0.250. The highest BCUT2D eigenvalue weighted by atomic mass is 31.2. The van der Waals surface area contributed by atoms with Crippen LogP contribution in [-0.4, -0.2) is 27.2 Å². The van der Waals surface area contributed by atoms with Crippen molar-refractivity contribution in [1.29, 1.82) is 0 Å². The maximum Gasteiger partial charge on any atom is 0.524 e. The average molecular weight is 304 g/mol. The van der Waals surface area contributed by atoms with E-state index in [-0.39, 0.29) is 11.3 Å². The quantitative estimate of drug-likeness (QED) is 0.335. The van der Waals surface area contributed by atoms with E-state index in [0.717, 1.165) is 0 Å². The van der Waals surface area contributed by atoms with Crippen LogP contribution in [-0.2, 0) is 14.1 Å². The molecular weight excluding hydrogens is 287 g/mol. The number of phosphoric ester groups is 1. The molecule has 0 radical (unpaired) electrons. The minimum absolute atomic E-state index is 0.167. The molecule has 0 fully saturated rings. The highest BCUT2D eigenvalue weighted by molar-refractivity contribution is 7.46. The summed E-state index contributed by atoms with van der Waals surface area (Å²) in [4.78, 5) is 27.2. The zero-order valence-electron chi connectivity index (χ0n) is 11.1. The van der Waals surface area contributed by atoms with Crippen LogP contribution in [0.5, 0.6) is 5.75 Å². The van der Waals surface area contributed by atoms with Gasteiger partial charge in [-0.3, -0.25) is 9.79 Å². The lowest BCUT2D eigenvalue weighted by Gasteiger charge is -2.04. The number of hydrogen-bond donors (Lipinski definition) is 3. The summed E-state index contributed by atoms with van der Waals surface area (Å²) in [7, 11) is -4.39. The van der Waals surface area contributed by atoms with Crippen LogP contribution in [0.2, 0.25) is 0 Å². The van der Waals surface area contributed by atoms with Crippen LogP contribution in [0.25, 0.3) is 0 Å². The lowest BCUT2D eigenvalue weighted by molar-refractivity contribution is -0.159. The van der Waals surface area contributed by atoms with Crippen molar-refractivity contribution in [3.05, 3.63) is 42.5 Å². The normalized spacial score (nSPS) is 11.7. The van der Waals surface area contributed by atoms with E-state index in [1.807, 2.05) is 0 Å². The largest absolute Gasteiger partial charge is 0.524 e. The van der Waals surface area contributed by atoms with Gasteiger partial charge >= 0.3 is 13.8 Å². The van der Waals surface area contributed by atoms with Gasteiger partial charge in [-0.05, 0) is 26.0 Å². The summed E-state index contributed by atoms with van der Waals surface area (Å²) in [5.74, 6) is -0.397. The van der Waals surface area contributed by atoms with Crippen LogP contribution in [0.15, 0.2) is 42.5 Å².